The maximum Gasteiger partial charge on any atom is 0.303 e. The molecule has 0 atom stereocenters. The standard InChI is InChI=1S/C7H10N2.C3H6O2/c1-9(2)7-3-5-8-6-4-7;1-2-3(4)5/h3-6H,1-2H3;2H2,1H3,(H,4,5). The fourth-order valence-corrected chi connectivity index (χ4v) is 0.642. The summed E-state index contributed by atoms with van der Waals surface area (Å²) in [6, 6.07) is 3.94. The number of anilines is 1. The Morgan fingerprint density at radius 3 is 2.07 bits per heavy atom. The molecule has 0 amide bonds. The van der Waals surface area contributed by atoms with E-state index in [0.717, 1.165) is 0 Å². The third-order valence-electron chi connectivity index (χ3n) is 1.48. The van der Waals surface area contributed by atoms with Gasteiger partial charge in [-0.2, -0.15) is 0 Å². The Morgan fingerprint density at radius 2 is 1.86 bits per heavy atom. The number of aromatic nitrogens is 1. The number of hydrogen-bond acceptors (Lipinski definition) is 3. The average molecular weight is 196 g/mol. The number of carboxylic acid groups (broad SMARTS) is 1. The van der Waals surface area contributed by atoms with Crippen LogP contribution in [0.15, 0.2) is 24.5 Å². The molecule has 0 saturated heterocycles. The summed E-state index contributed by atoms with van der Waals surface area (Å²) in [5, 5.41) is 7.72. The zero-order chi connectivity index (χ0) is 11.0. The lowest BCUT2D eigenvalue weighted by Crippen LogP contribution is -2.07. The minimum Gasteiger partial charge on any atom is -0.481 e. The van der Waals surface area contributed by atoms with Gasteiger partial charge in [-0.25, -0.2) is 0 Å². The number of nitrogens with zero attached hydrogens (tertiary/aromatic N) is 2. The summed E-state index contributed by atoms with van der Waals surface area (Å²) in [6.45, 7) is 1.60. The topological polar surface area (TPSA) is 53.4 Å². The van der Waals surface area contributed by atoms with E-state index in [0.29, 0.717) is 0 Å². The molecule has 0 fully saturated rings. The van der Waals surface area contributed by atoms with Crippen molar-refractivity contribution in [2.45, 2.75) is 13.3 Å². The van der Waals surface area contributed by atoms with E-state index in [1.54, 1.807) is 19.3 Å². The van der Waals surface area contributed by atoms with Crippen LogP contribution in [0.1, 0.15) is 13.3 Å². The number of carboxylic acids is 1. The predicted molar refractivity (Wildman–Crippen MR) is 56.5 cm³/mol. The molecule has 78 valence electrons. The van der Waals surface area contributed by atoms with Crippen molar-refractivity contribution in [3.8, 4) is 0 Å². The molecule has 0 aliphatic carbocycles. The van der Waals surface area contributed by atoms with Crippen LogP contribution in [0.3, 0.4) is 0 Å². The van der Waals surface area contributed by atoms with Crippen molar-refractivity contribution in [1.29, 1.82) is 0 Å². The Kier molecular flexibility index (Phi) is 6.11. The van der Waals surface area contributed by atoms with Gasteiger partial charge in [-0.1, -0.05) is 6.92 Å². The van der Waals surface area contributed by atoms with Crippen LogP contribution in [0, 0.1) is 0 Å². The molecule has 0 saturated carbocycles. The van der Waals surface area contributed by atoms with Crippen molar-refractivity contribution >= 4 is 11.7 Å². The summed E-state index contributed by atoms with van der Waals surface area (Å²) in [4.78, 5) is 15.3. The summed E-state index contributed by atoms with van der Waals surface area (Å²) in [6.07, 6.45) is 3.80. The van der Waals surface area contributed by atoms with E-state index in [2.05, 4.69) is 4.98 Å². The molecule has 1 aromatic rings. The van der Waals surface area contributed by atoms with E-state index in [4.69, 9.17) is 5.11 Å². The molecule has 0 aliphatic heterocycles. The Morgan fingerprint density at radius 1 is 1.43 bits per heavy atom. The molecule has 0 aromatic carbocycles. The predicted octanol–water partition coefficient (Wildman–Crippen LogP) is 1.63. The van der Waals surface area contributed by atoms with Gasteiger partial charge in [0, 0.05) is 38.6 Å². The van der Waals surface area contributed by atoms with Gasteiger partial charge in [-0.3, -0.25) is 9.78 Å². The lowest BCUT2D eigenvalue weighted by molar-refractivity contribution is -0.136. The second kappa shape index (κ2) is 6.88. The number of pyridine rings is 1. The maximum absolute atomic E-state index is 9.37. The highest BCUT2D eigenvalue weighted by Gasteiger charge is 1.88. The molecular formula is C10H16N2O2. The Labute approximate surface area is 84.2 Å². The first-order chi connectivity index (χ1) is 6.57. The molecule has 1 rings (SSSR count). The first-order valence-corrected chi connectivity index (χ1v) is 4.37. The monoisotopic (exact) mass is 196 g/mol. The number of aliphatic carboxylic acids is 1. The van der Waals surface area contributed by atoms with Gasteiger partial charge in [0.25, 0.3) is 0 Å². The van der Waals surface area contributed by atoms with Crippen LogP contribution in [-0.4, -0.2) is 30.2 Å². The molecule has 0 aliphatic rings. The first-order valence-electron chi connectivity index (χ1n) is 4.37. The van der Waals surface area contributed by atoms with Crippen molar-refractivity contribution in [3.63, 3.8) is 0 Å². The van der Waals surface area contributed by atoms with Crippen LogP contribution >= 0.6 is 0 Å². The molecule has 0 spiro atoms. The summed E-state index contributed by atoms with van der Waals surface area (Å²) in [5.74, 6) is -0.745. The lowest BCUT2D eigenvalue weighted by atomic mass is 10.4. The Hall–Kier alpha value is -1.58. The van der Waals surface area contributed by atoms with Gasteiger partial charge in [0.15, 0.2) is 0 Å². The molecule has 14 heavy (non-hydrogen) atoms. The summed E-state index contributed by atoms with van der Waals surface area (Å²) >= 11 is 0. The fraction of sp³-hybridized carbons (Fsp3) is 0.400. The molecule has 4 heteroatoms. The van der Waals surface area contributed by atoms with E-state index in [-0.39, 0.29) is 6.42 Å². The first kappa shape index (κ1) is 12.4. The largest absolute Gasteiger partial charge is 0.481 e. The molecule has 1 aromatic heterocycles. The van der Waals surface area contributed by atoms with Crippen molar-refractivity contribution in [2.24, 2.45) is 0 Å². The third kappa shape index (κ3) is 5.99. The van der Waals surface area contributed by atoms with Crippen LogP contribution in [-0.2, 0) is 4.79 Å². The van der Waals surface area contributed by atoms with Gasteiger partial charge >= 0.3 is 5.97 Å². The molecule has 1 heterocycles. The number of rotatable bonds is 2. The highest BCUT2D eigenvalue weighted by atomic mass is 16.4. The maximum atomic E-state index is 9.37. The second-order valence-electron chi connectivity index (χ2n) is 2.85. The van der Waals surface area contributed by atoms with Crippen molar-refractivity contribution in [1.82, 2.24) is 4.98 Å². The highest BCUT2D eigenvalue weighted by molar-refractivity contribution is 5.66. The smallest absolute Gasteiger partial charge is 0.303 e. The van der Waals surface area contributed by atoms with Gasteiger partial charge < -0.3 is 10.0 Å². The van der Waals surface area contributed by atoms with E-state index >= 15 is 0 Å². The van der Waals surface area contributed by atoms with E-state index in [9.17, 15) is 4.79 Å². The summed E-state index contributed by atoms with van der Waals surface area (Å²) in [7, 11) is 4.02. The third-order valence-corrected chi connectivity index (χ3v) is 1.48. The molecule has 0 bridgehead atoms. The average Bonchev–Trinajstić information content (AvgIpc) is 2.20. The van der Waals surface area contributed by atoms with Gasteiger partial charge in [0.1, 0.15) is 0 Å². The van der Waals surface area contributed by atoms with Crippen LogP contribution in [0.5, 0.6) is 0 Å². The molecule has 4 nitrogen and oxygen atoms in total. The quantitative estimate of drug-likeness (QED) is 0.781. The molecule has 0 unspecified atom stereocenters. The number of hydrogen-bond donors (Lipinski definition) is 1. The van der Waals surface area contributed by atoms with Crippen LogP contribution in [0.2, 0.25) is 0 Å². The zero-order valence-corrected chi connectivity index (χ0v) is 8.77. The normalized spacial score (nSPS) is 8.50. The van der Waals surface area contributed by atoms with Crippen molar-refractivity contribution < 1.29 is 9.90 Å². The summed E-state index contributed by atoms with van der Waals surface area (Å²) < 4.78 is 0. The van der Waals surface area contributed by atoms with Gasteiger partial charge in [-0.05, 0) is 12.1 Å². The van der Waals surface area contributed by atoms with E-state index < -0.39 is 5.97 Å². The van der Waals surface area contributed by atoms with E-state index in [1.807, 2.05) is 31.1 Å². The lowest BCUT2D eigenvalue weighted by Gasteiger charge is -2.10. The Bertz CT molecular complexity index is 260. The minimum absolute atomic E-state index is 0.222. The van der Waals surface area contributed by atoms with Gasteiger partial charge in [0.05, 0.1) is 0 Å². The highest BCUT2D eigenvalue weighted by Crippen LogP contribution is 2.05. The van der Waals surface area contributed by atoms with Gasteiger partial charge in [-0.15, -0.1) is 0 Å². The van der Waals surface area contributed by atoms with Crippen molar-refractivity contribution in [3.05, 3.63) is 24.5 Å². The van der Waals surface area contributed by atoms with Gasteiger partial charge in [0.2, 0.25) is 0 Å². The minimum atomic E-state index is -0.745. The number of carbonyl (C=O) groups is 1. The fourth-order valence-electron chi connectivity index (χ4n) is 0.642. The van der Waals surface area contributed by atoms with Crippen molar-refractivity contribution in [2.75, 3.05) is 19.0 Å². The molecule has 0 radical (unpaired) electrons. The van der Waals surface area contributed by atoms with Crippen LogP contribution in [0.25, 0.3) is 0 Å². The SMILES string of the molecule is CCC(=O)O.CN(C)c1ccncc1. The zero-order valence-electron chi connectivity index (χ0n) is 8.77. The van der Waals surface area contributed by atoms with E-state index in [1.165, 1.54) is 5.69 Å². The summed E-state index contributed by atoms with van der Waals surface area (Å²) in [5.41, 5.74) is 1.19. The van der Waals surface area contributed by atoms with Crippen LogP contribution in [0.4, 0.5) is 5.69 Å². The molecule has 1 N–H and O–H groups in total. The Balaban J connectivity index is 0.000000292. The second-order valence-corrected chi connectivity index (χ2v) is 2.85. The van der Waals surface area contributed by atoms with Crippen LogP contribution < -0.4 is 4.90 Å². The molecular weight excluding hydrogens is 180 g/mol.